The van der Waals surface area contributed by atoms with Crippen molar-refractivity contribution in [2.75, 3.05) is 7.11 Å². The van der Waals surface area contributed by atoms with Crippen LogP contribution in [0.25, 0.3) is 5.65 Å². The van der Waals surface area contributed by atoms with Gasteiger partial charge in [0.1, 0.15) is 23.9 Å². The van der Waals surface area contributed by atoms with Gasteiger partial charge in [0.25, 0.3) is 0 Å². The minimum absolute atomic E-state index is 0.00678. The van der Waals surface area contributed by atoms with Crippen LogP contribution < -0.4 is 4.74 Å². The first-order chi connectivity index (χ1) is 15.4. The van der Waals surface area contributed by atoms with E-state index in [0.717, 1.165) is 25.0 Å². The highest BCUT2D eigenvalue weighted by Gasteiger charge is 2.26. The fourth-order valence-corrected chi connectivity index (χ4v) is 3.67. The van der Waals surface area contributed by atoms with E-state index in [-0.39, 0.29) is 30.1 Å². The first kappa shape index (κ1) is 23.4. The molecule has 170 valence electrons. The molecule has 1 aromatic carbocycles. The van der Waals surface area contributed by atoms with E-state index in [1.54, 1.807) is 29.7 Å². The van der Waals surface area contributed by atoms with Gasteiger partial charge in [-0.15, -0.1) is 0 Å². The number of benzene rings is 1. The predicted octanol–water partition coefficient (Wildman–Crippen LogP) is 5.05. The van der Waals surface area contributed by atoms with Crippen molar-refractivity contribution in [2.45, 2.75) is 46.1 Å². The topological polar surface area (TPSA) is 69.9 Å². The van der Waals surface area contributed by atoms with E-state index in [1.807, 2.05) is 6.92 Å². The summed E-state index contributed by atoms with van der Waals surface area (Å²) in [5, 5.41) is 0. The van der Waals surface area contributed by atoms with Crippen molar-refractivity contribution in [2.24, 2.45) is 5.92 Å². The van der Waals surface area contributed by atoms with Gasteiger partial charge in [-0.1, -0.05) is 25.8 Å². The van der Waals surface area contributed by atoms with Crippen LogP contribution in [0, 0.1) is 24.5 Å². The van der Waals surface area contributed by atoms with Crippen LogP contribution in [-0.4, -0.2) is 28.2 Å². The molecule has 3 aromatic rings. The zero-order chi connectivity index (χ0) is 23.3. The van der Waals surface area contributed by atoms with Crippen molar-refractivity contribution < 1.29 is 27.8 Å². The predicted molar refractivity (Wildman–Crippen MR) is 115 cm³/mol. The van der Waals surface area contributed by atoms with Crippen LogP contribution in [-0.2, 0) is 16.1 Å². The van der Waals surface area contributed by atoms with E-state index >= 15 is 0 Å². The molecule has 2 heterocycles. The molecule has 3 rings (SSSR count). The van der Waals surface area contributed by atoms with Gasteiger partial charge in [-0.2, -0.15) is 0 Å². The summed E-state index contributed by atoms with van der Waals surface area (Å²) in [5.41, 5.74) is 0.981. The third-order valence-corrected chi connectivity index (χ3v) is 5.36. The Morgan fingerprint density at radius 1 is 1.16 bits per heavy atom. The Bertz CT molecular complexity index is 1110. The summed E-state index contributed by atoms with van der Waals surface area (Å²) in [6.45, 7) is 3.38. The fourth-order valence-electron chi connectivity index (χ4n) is 3.67. The number of methoxy groups -OCH3 is 1. The molecule has 0 saturated heterocycles. The molecule has 8 heteroatoms. The Morgan fingerprint density at radius 2 is 1.88 bits per heavy atom. The van der Waals surface area contributed by atoms with Gasteiger partial charge in [0.05, 0.1) is 24.3 Å². The van der Waals surface area contributed by atoms with E-state index in [4.69, 9.17) is 9.47 Å². The molecular formula is C24H26F2N2O4. The molecule has 32 heavy (non-hydrogen) atoms. The van der Waals surface area contributed by atoms with Gasteiger partial charge in [-0.05, 0) is 37.6 Å². The highest BCUT2D eigenvalue weighted by Crippen LogP contribution is 2.26. The molecular weight excluding hydrogens is 418 g/mol. The number of fused-ring (bicyclic) bond motifs is 1. The first-order valence-electron chi connectivity index (χ1n) is 10.5. The molecule has 0 bridgehead atoms. The molecule has 0 aliphatic heterocycles. The summed E-state index contributed by atoms with van der Waals surface area (Å²) in [6, 6.07) is 6.89. The van der Waals surface area contributed by atoms with Crippen LogP contribution in [0.15, 0.2) is 36.5 Å². The molecule has 0 fully saturated rings. The molecule has 0 aliphatic carbocycles. The van der Waals surface area contributed by atoms with E-state index < -0.39 is 23.5 Å². The molecule has 0 N–H and O–H groups in total. The monoisotopic (exact) mass is 444 g/mol. The summed E-state index contributed by atoms with van der Waals surface area (Å²) in [7, 11) is 1.31. The first-order valence-corrected chi connectivity index (χ1v) is 10.5. The van der Waals surface area contributed by atoms with Crippen LogP contribution in [0.4, 0.5) is 8.78 Å². The van der Waals surface area contributed by atoms with Crippen molar-refractivity contribution in [1.82, 2.24) is 9.38 Å². The van der Waals surface area contributed by atoms with Gasteiger partial charge < -0.3 is 9.47 Å². The number of carbonyl (C=O) groups is 2. The molecule has 0 radical (unpaired) electrons. The zero-order valence-corrected chi connectivity index (χ0v) is 18.4. The SMILES string of the molecule is CCCC[C@H](CC(=O)c1c(C)nc2c(OCc3c(F)cccc3F)cccn12)C(=O)OC. The van der Waals surface area contributed by atoms with Gasteiger partial charge in [-0.25, -0.2) is 13.8 Å². The second kappa shape index (κ2) is 10.3. The van der Waals surface area contributed by atoms with Crippen LogP contribution in [0.1, 0.15) is 54.4 Å². The van der Waals surface area contributed by atoms with E-state index in [1.165, 1.54) is 13.2 Å². The number of esters is 1. The lowest BCUT2D eigenvalue weighted by Crippen LogP contribution is -2.21. The van der Waals surface area contributed by atoms with Crippen molar-refractivity contribution in [3.05, 3.63) is 65.1 Å². The number of aromatic nitrogens is 2. The molecule has 1 atom stereocenters. The molecule has 0 aliphatic rings. The number of nitrogens with zero attached hydrogens (tertiary/aromatic N) is 2. The second-order valence-electron chi connectivity index (χ2n) is 7.59. The minimum atomic E-state index is -0.701. The van der Waals surface area contributed by atoms with Crippen molar-refractivity contribution in [3.8, 4) is 5.75 Å². The smallest absolute Gasteiger partial charge is 0.309 e. The lowest BCUT2D eigenvalue weighted by Gasteiger charge is -2.14. The normalized spacial score (nSPS) is 12.0. The van der Waals surface area contributed by atoms with Crippen molar-refractivity contribution >= 4 is 17.4 Å². The average Bonchev–Trinajstić information content (AvgIpc) is 3.12. The number of Topliss-reactive ketones (excluding diaryl/α,β-unsaturated/α-hetero) is 1. The van der Waals surface area contributed by atoms with Crippen molar-refractivity contribution in [3.63, 3.8) is 0 Å². The van der Waals surface area contributed by atoms with Gasteiger partial charge >= 0.3 is 5.97 Å². The molecule has 0 saturated carbocycles. The summed E-state index contributed by atoms with van der Waals surface area (Å²) in [6.07, 6.45) is 3.95. The zero-order valence-electron chi connectivity index (χ0n) is 18.4. The Kier molecular flexibility index (Phi) is 7.56. The quantitative estimate of drug-likeness (QED) is 0.323. The molecule has 0 amide bonds. The van der Waals surface area contributed by atoms with E-state index in [2.05, 4.69) is 4.98 Å². The van der Waals surface area contributed by atoms with E-state index in [0.29, 0.717) is 23.5 Å². The highest BCUT2D eigenvalue weighted by atomic mass is 19.1. The highest BCUT2D eigenvalue weighted by molar-refractivity contribution is 5.98. The maximum atomic E-state index is 13.9. The van der Waals surface area contributed by atoms with Crippen LogP contribution >= 0.6 is 0 Å². The summed E-state index contributed by atoms with van der Waals surface area (Å²) in [4.78, 5) is 29.7. The molecule has 0 unspecified atom stereocenters. The third kappa shape index (κ3) is 4.95. The van der Waals surface area contributed by atoms with Gasteiger partial charge in [-0.3, -0.25) is 14.0 Å². The van der Waals surface area contributed by atoms with Gasteiger partial charge in [0.2, 0.25) is 0 Å². The summed E-state index contributed by atoms with van der Waals surface area (Å²) >= 11 is 0. The summed E-state index contributed by atoms with van der Waals surface area (Å²) in [5.74, 6) is -2.29. The number of imidazole rings is 1. The number of halogens is 2. The third-order valence-electron chi connectivity index (χ3n) is 5.36. The Morgan fingerprint density at radius 3 is 2.53 bits per heavy atom. The number of carbonyl (C=O) groups excluding carboxylic acids is 2. The Labute approximate surface area is 185 Å². The fraction of sp³-hybridized carbons (Fsp3) is 0.375. The number of hydrogen-bond acceptors (Lipinski definition) is 5. The maximum absolute atomic E-state index is 13.9. The summed E-state index contributed by atoms with van der Waals surface area (Å²) < 4.78 is 39.9. The van der Waals surface area contributed by atoms with Crippen molar-refractivity contribution in [1.29, 1.82) is 0 Å². The van der Waals surface area contributed by atoms with Gasteiger partial charge in [0, 0.05) is 12.6 Å². The average molecular weight is 444 g/mol. The minimum Gasteiger partial charge on any atom is -0.485 e. The Balaban J connectivity index is 1.87. The second-order valence-corrected chi connectivity index (χ2v) is 7.59. The maximum Gasteiger partial charge on any atom is 0.309 e. The van der Waals surface area contributed by atoms with Crippen LogP contribution in [0.3, 0.4) is 0 Å². The number of pyridine rings is 1. The molecule has 6 nitrogen and oxygen atoms in total. The lowest BCUT2D eigenvalue weighted by molar-refractivity contribution is -0.145. The van der Waals surface area contributed by atoms with Gasteiger partial charge in [0.15, 0.2) is 17.2 Å². The Hall–Kier alpha value is -3.29. The molecule has 2 aromatic heterocycles. The number of aryl methyl sites for hydroxylation is 1. The largest absolute Gasteiger partial charge is 0.485 e. The number of ether oxygens (including phenoxy) is 2. The van der Waals surface area contributed by atoms with E-state index in [9.17, 15) is 18.4 Å². The van der Waals surface area contributed by atoms with Crippen LogP contribution in [0.2, 0.25) is 0 Å². The number of unbranched alkanes of at least 4 members (excludes halogenated alkanes) is 1. The number of ketones is 1. The number of hydrogen-bond donors (Lipinski definition) is 0. The number of rotatable bonds is 10. The van der Waals surface area contributed by atoms with Crippen LogP contribution in [0.5, 0.6) is 5.75 Å². The lowest BCUT2D eigenvalue weighted by atomic mass is 9.95. The molecule has 0 spiro atoms. The standard InChI is InChI=1S/C24H26F2N2O4/c1-4-5-8-16(24(30)31-3)13-20(29)22-15(2)27-23-21(11-7-12-28(22)23)32-14-17-18(25)9-6-10-19(17)26/h6-7,9-12,16H,4-5,8,13-14H2,1-3H3/t16-/m1/s1.